The molecule has 0 aliphatic carbocycles. The molecule has 0 aliphatic rings. The number of imidazole rings is 1. The molecule has 0 saturated carbocycles. The minimum Gasteiger partial charge on any atom is -0.393 e. The van der Waals surface area contributed by atoms with Gasteiger partial charge in [0, 0.05) is 18.8 Å². The lowest BCUT2D eigenvalue weighted by molar-refractivity contribution is 0.0604. The molecule has 4 heteroatoms. The molecule has 1 heterocycles. The summed E-state index contributed by atoms with van der Waals surface area (Å²) >= 11 is 0. The van der Waals surface area contributed by atoms with Crippen molar-refractivity contribution in [2.24, 2.45) is 0 Å². The Morgan fingerprint density at radius 2 is 2.11 bits per heavy atom. The molecule has 0 amide bonds. The van der Waals surface area contributed by atoms with Crippen LogP contribution >= 0.6 is 0 Å². The van der Waals surface area contributed by atoms with Crippen molar-refractivity contribution in [2.75, 3.05) is 0 Å². The van der Waals surface area contributed by atoms with Gasteiger partial charge in [-0.25, -0.2) is 4.98 Å². The molecule has 0 saturated heterocycles. The summed E-state index contributed by atoms with van der Waals surface area (Å²) < 4.78 is 7.59. The number of hydrogen-bond acceptors (Lipinski definition) is 3. The van der Waals surface area contributed by atoms with E-state index in [0.717, 1.165) is 17.8 Å². The Morgan fingerprint density at radius 3 is 2.84 bits per heavy atom. The van der Waals surface area contributed by atoms with Crippen LogP contribution in [0.2, 0.25) is 0 Å². The number of aliphatic hydroxyl groups excluding tert-OH is 1. The first-order valence-electron chi connectivity index (χ1n) is 6.59. The standard InChI is InChI=1S/C15H20N2O2/c1-2-14(18)10-15-16-8-9-17(15)12-19-11-13-6-4-3-5-7-13/h3-9,14,18H,2,10-12H2,1H3. The highest BCUT2D eigenvalue weighted by Crippen LogP contribution is 2.06. The van der Waals surface area contributed by atoms with Gasteiger partial charge in [-0.1, -0.05) is 37.3 Å². The van der Waals surface area contributed by atoms with Gasteiger partial charge in [0.25, 0.3) is 0 Å². The van der Waals surface area contributed by atoms with Gasteiger partial charge >= 0.3 is 0 Å². The third-order valence-electron chi connectivity index (χ3n) is 3.03. The average Bonchev–Trinajstić information content (AvgIpc) is 2.87. The quantitative estimate of drug-likeness (QED) is 0.831. The van der Waals surface area contributed by atoms with Gasteiger partial charge in [0.2, 0.25) is 0 Å². The summed E-state index contributed by atoms with van der Waals surface area (Å²) in [6, 6.07) is 10.1. The molecule has 1 N–H and O–H groups in total. The van der Waals surface area contributed by atoms with Gasteiger partial charge in [0.05, 0.1) is 12.7 Å². The minimum atomic E-state index is -0.338. The molecule has 1 aromatic carbocycles. The molecule has 0 spiro atoms. The number of rotatable bonds is 7. The Morgan fingerprint density at radius 1 is 1.32 bits per heavy atom. The molecule has 0 fully saturated rings. The Bertz CT molecular complexity index is 482. The third kappa shape index (κ3) is 4.19. The van der Waals surface area contributed by atoms with E-state index >= 15 is 0 Å². The van der Waals surface area contributed by atoms with E-state index in [2.05, 4.69) is 4.98 Å². The molecular weight excluding hydrogens is 240 g/mol. The van der Waals surface area contributed by atoms with Crippen LogP contribution in [-0.2, 0) is 24.5 Å². The van der Waals surface area contributed by atoms with Crippen LogP contribution in [0.1, 0.15) is 24.7 Å². The number of benzene rings is 1. The van der Waals surface area contributed by atoms with Crippen LogP contribution in [0.4, 0.5) is 0 Å². The van der Waals surface area contributed by atoms with E-state index in [1.165, 1.54) is 0 Å². The first-order valence-corrected chi connectivity index (χ1v) is 6.59. The molecule has 0 radical (unpaired) electrons. The van der Waals surface area contributed by atoms with Crippen molar-refractivity contribution >= 4 is 0 Å². The normalized spacial score (nSPS) is 12.5. The molecule has 1 aromatic heterocycles. The highest BCUT2D eigenvalue weighted by Gasteiger charge is 2.08. The molecule has 2 aromatic rings. The lowest BCUT2D eigenvalue weighted by Gasteiger charge is -2.11. The van der Waals surface area contributed by atoms with Crippen molar-refractivity contribution in [3.63, 3.8) is 0 Å². The molecule has 0 bridgehead atoms. The summed E-state index contributed by atoms with van der Waals surface area (Å²) in [4.78, 5) is 4.25. The maximum atomic E-state index is 9.66. The molecule has 19 heavy (non-hydrogen) atoms. The molecule has 1 atom stereocenters. The second kappa shape index (κ2) is 7.07. The largest absolute Gasteiger partial charge is 0.393 e. The minimum absolute atomic E-state index is 0.338. The summed E-state index contributed by atoms with van der Waals surface area (Å²) in [5.74, 6) is 0.863. The van der Waals surface area contributed by atoms with E-state index in [4.69, 9.17) is 4.74 Å². The van der Waals surface area contributed by atoms with Crippen LogP contribution in [0.15, 0.2) is 42.7 Å². The summed E-state index contributed by atoms with van der Waals surface area (Å²) in [6.07, 6.45) is 4.58. The SMILES string of the molecule is CCC(O)Cc1nccn1COCc1ccccc1. The maximum absolute atomic E-state index is 9.66. The molecule has 4 nitrogen and oxygen atoms in total. The molecule has 1 unspecified atom stereocenters. The molecule has 0 aliphatic heterocycles. The van der Waals surface area contributed by atoms with Crippen molar-refractivity contribution in [3.05, 3.63) is 54.1 Å². The topological polar surface area (TPSA) is 47.3 Å². The van der Waals surface area contributed by atoms with Crippen molar-refractivity contribution in [3.8, 4) is 0 Å². The van der Waals surface area contributed by atoms with Crippen molar-refractivity contribution < 1.29 is 9.84 Å². The molecular formula is C15H20N2O2. The van der Waals surface area contributed by atoms with Crippen LogP contribution in [0, 0.1) is 0 Å². The van der Waals surface area contributed by atoms with Crippen molar-refractivity contribution in [1.82, 2.24) is 9.55 Å². The summed E-state index contributed by atoms with van der Waals surface area (Å²) in [5, 5.41) is 9.66. The Kier molecular flexibility index (Phi) is 5.12. The van der Waals surface area contributed by atoms with E-state index in [9.17, 15) is 5.11 Å². The zero-order chi connectivity index (χ0) is 13.5. The van der Waals surface area contributed by atoms with E-state index in [1.54, 1.807) is 6.20 Å². The van der Waals surface area contributed by atoms with Crippen LogP contribution in [0.25, 0.3) is 0 Å². The van der Waals surface area contributed by atoms with Crippen LogP contribution in [0.3, 0.4) is 0 Å². The van der Waals surface area contributed by atoms with Crippen LogP contribution in [0.5, 0.6) is 0 Å². The Balaban J connectivity index is 1.84. The zero-order valence-electron chi connectivity index (χ0n) is 11.2. The molecule has 2 rings (SSSR count). The summed E-state index contributed by atoms with van der Waals surface area (Å²) in [7, 11) is 0. The van der Waals surface area contributed by atoms with Gasteiger partial charge in [-0.05, 0) is 12.0 Å². The predicted molar refractivity (Wildman–Crippen MR) is 73.5 cm³/mol. The fourth-order valence-corrected chi connectivity index (χ4v) is 1.84. The Hall–Kier alpha value is -1.65. The fourth-order valence-electron chi connectivity index (χ4n) is 1.84. The van der Waals surface area contributed by atoms with Gasteiger partial charge in [0.1, 0.15) is 12.6 Å². The fraction of sp³-hybridized carbons (Fsp3) is 0.400. The van der Waals surface area contributed by atoms with E-state index in [-0.39, 0.29) is 6.10 Å². The first kappa shape index (κ1) is 13.8. The number of aliphatic hydroxyl groups is 1. The number of hydrogen-bond donors (Lipinski definition) is 1. The number of nitrogens with zero attached hydrogens (tertiary/aromatic N) is 2. The first-order chi connectivity index (χ1) is 9.29. The lowest BCUT2D eigenvalue weighted by Crippen LogP contribution is -2.14. The van der Waals surface area contributed by atoms with Crippen LogP contribution < -0.4 is 0 Å². The van der Waals surface area contributed by atoms with Gasteiger partial charge in [-0.3, -0.25) is 0 Å². The number of ether oxygens (including phenoxy) is 1. The highest BCUT2D eigenvalue weighted by atomic mass is 16.5. The predicted octanol–water partition coefficient (Wildman–Crippen LogP) is 2.37. The van der Waals surface area contributed by atoms with Gasteiger partial charge in [-0.2, -0.15) is 0 Å². The van der Waals surface area contributed by atoms with Crippen molar-refractivity contribution in [1.29, 1.82) is 0 Å². The van der Waals surface area contributed by atoms with Crippen molar-refractivity contribution in [2.45, 2.75) is 39.2 Å². The third-order valence-corrected chi connectivity index (χ3v) is 3.03. The zero-order valence-corrected chi connectivity index (χ0v) is 11.2. The number of aromatic nitrogens is 2. The average molecular weight is 260 g/mol. The summed E-state index contributed by atoms with van der Waals surface area (Å²) in [6.45, 7) is 3.00. The van der Waals surface area contributed by atoms with E-state index < -0.39 is 0 Å². The van der Waals surface area contributed by atoms with Gasteiger partial charge < -0.3 is 14.4 Å². The van der Waals surface area contributed by atoms with E-state index in [0.29, 0.717) is 19.8 Å². The van der Waals surface area contributed by atoms with Gasteiger partial charge in [-0.15, -0.1) is 0 Å². The second-order valence-corrected chi connectivity index (χ2v) is 4.54. The second-order valence-electron chi connectivity index (χ2n) is 4.54. The van der Waals surface area contributed by atoms with Crippen LogP contribution in [-0.4, -0.2) is 20.8 Å². The molecule has 102 valence electrons. The highest BCUT2D eigenvalue weighted by molar-refractivity contribution is 5.13. The maximum Gasteiger partial charge on any atom is 0.124 e. The lowest BCUT2D eigenvalue weighted by atomic mass is 10.2. The summed E-state index contributed by atoms with van der Waals surface area (Å²) in [5.41, 5.74) is 1.15. The Labute approximate surface area is 113 Å². The van der Waals surface area contributed by atoms with E-state index in [1.807, 2.05) is 48.0 Å². The van der Waals surface area contributed by atoms with Gasteiger partial charge in [0.15, 0.2) is 0 Å². The monoisotopic (exact) mass is 260 g/mol. The smallest absolute Gasteiger partial charge is 0.124 e.